The zero-order chi connectivity index (χ0) is 36.5. The number of hydrogen-bond donors (Lipinski definition) is 0. The summed E-state index contributed by atoms with van der Waals surface area (Å²) in [6.45, 7) is 17.1. The minimum atomic E-state index is -4.52. The maximum Gasteiger partial charge on any atom is -1.00 e. The number of benzene rings is 4. The van der Waals surface area contributed by atoms with Gasteiger partial charge in [0.1, 0.15) is 0 Å². The summed E-state index contributed by atoms with van der Waals surface area (Å²) in [5, 5.41) is 0. The van der Waals surface area contributed by atoms with Crippen LogP contribution in [-0.4, -0.2) is 3.21 Å². The molecule has 1 unspecified atom stereocenters. The molecule has 0 radical (unpaired) electrons. The van der Waals surface area contributed by atoms with Crippen molar-refractivity contribution in [3.8, 4) is 11.1 Å². The van der Waals surface area contributed by atoms with Gasteiger partial charge < -0.3 is 24.8 Å². The van der Waals surface area contributed by atoms with Crippen molar-refractivity contribution in [2.45, 2.75) is 77.8 Å². The largest absolute Gasteiger partial charge is 1.00 e. The van der Waals surface area contributed by atoms with Crippen molar-refractivity contribution >= 4 is 3.21 Å². The number of hydrogen-bond acceptors (Lipinski definition) is 0. The molecule has 4 aromatic rings. The normalized spacial score (nSPS) is 15.4. The molecule has 0 aromatic heterocycles. The van der Waals surface area contributed by atoms with Crippen LogP contribution in [-0.2, 0) is 33.6 Å². The minimum absolute atomic E-state index is 0. The van der Waals surface area contributed by atoms with Crippen molar-refractivity contribution in [1.29, 1.82) is 0 Å². The van der Waals surface area contributed by atoms with Gasteiger partial charge in [0.25, 0.3) is 0 Å². The first-order valence-electron chi connectivity index (χ1n) is 17.1. The van der Waals surface area contributed by atoms with E-state index in [1.54, 1.807) is 0 Å². The average Bonchev–Trinajstić information content (AvgIpc) is 3.59. The van der Waals surface area contributed by atoms with E-state index in [1.807, 2.05) is 0 Å². The predicted molar refractivity (Wildman–Crippen MR) is 188 cm³/mol. The third-order valence-electron chi connectivity index (χ3n) is 10.5. The van der Waals surface area contributed by atoms with E-state index in [-0.39, 0.29) is 39.8 Å². The van der Waals surface area contributed by atoms with Crippen molar-refractivity contribution in [3.63, 3.8) is 0 Å². The van der Waals surface area contributed by atoms with E-state index in [0.29, 0.717) is 11.1 Å². The van der Waals surface area contributed by atoms with Gasteiger partial charge in [-0.3, -0.25) is 0 Å². The quantitative estimate of drug-likeness (QED) is 0.194. The second-order valence-corrected chi connectivity index (χ2v) is 21.0. The Morgan fingerprint density at radius 2 is 1.00 bits per heavy atom. The number of fused-ring (bicyclic) bond motifs is 3. The molecule has 0 spiro atoms. The monoisotopic (exact) mass is 832 g/mol. The number of aryl methyl sites for hydroxylation is 4. The molecular weight excluding hydrogens is 793 g/mol. The molecule has 2 aliphatic rings. The summed E-state index contributed by atoms with van der Waals surface area (Å²) in [5.41, 5.74) is 10.3. The molecule has 274 valence electrons. The molecule has 0 N–H and O–H groups in total. The van der Waals surface area contributed by atoms with E-state index in [1.165, 1.54) is 66.5 Å². The van der Waals surface area contributed by atoms with Gasteiger partial charge in [-0.25, -0.2) is 0 Å². The van der Waals surface area contributed by atoms with Crippen LogP contribution >= 0.6 is 0 Å². The maximum absolute atomic E-state index is 13.9. The van der Waals surface area contributed by atoms with Crippen molar-refractivity contribution < 1.29 is 72.4 Å². The fourth-order valence-electron chi connectivity index (χ4n) is 7.40. The van der Waals surface area contributed by atoms with Gasteiger partial charge in [-0.15, -0.1) is 0 Å². The van der Waals surface area contributed by atoms with Gasteiger partial charge in [-0.1, -0.05) is 0 Å². The standard InChI is InChI=1S/C17H17.C15H8F6.C11H17.2ClH.Zr/c1-10-5-14-9-15-6-11(2)13(4)8-17(15)16(14)7-12(10)3;16-14(17,18)12-5-1-10(2-6-12)9-11-3-7-13(8-4-11)15(19,20)21;1-5-9-6-7-10(8-9)11(2,3)4;;;/h5-9H,1-4H3;1-8H;7-9H,5H2,1-4H3;2*1H;/q;;;;;+2/p-2. The van der Waals surface area contributed by atoms with Crippen molar-refractivity contribution in [3.05, 3.63) is 149 Å². The molecule has 0 aliphatic heterocycles. The third-order valence-corrected chi connectivity index (χ3v) is 19.0. The molecule has 0 nitrogen and oxygen atoms in total. The number of allylic oxidation sites excluding steroid dienone is 4. The Hall–Kier alpha value is -2.73. The Labute approximate surface area is 323 Å². The Balaban J connectivity index is 0.00000302. The van der Waals surface area contributed by atoms with E-state index >= 15 is 0 Å². The predicted octanol–water partition coefficient (Wildman–Crippen LogP) is 6.82. The molecule has 6 rings (SSSR count). The van der Waals surface area contributed by atoms with Gasteiger partial charge in [0, 0.05) is 0 Å². The summed E-state index contributed by atoms with van der Waals surface area (Å²) >= 11 is -3.50. The van der Waals surface area contributed by atoms with E-state index in [9.17, 15) is 26.3 Å². The average molecular weight is 835 g/mol. The Morgan fingerprint density at radius 1 is 0.615 bits per heavy atom. The first-order chi connectivity index (χ1) is 23.3. The van der Waals surface area contributed by atoms with Crippen molar-refractivity contribution in [2.24, 2.45) is 11.3 Å². The Kier molecular flexibility index (Phi) is 12.3. The molecule has 0 saturated heterocycles. The molecule has 9 heteroatoms. The summed E-state index contributed by atoms with van der Waals surface area (Å²) in [5.74, 6) is 0.114. The Morgan fingerprint density at radius 3 is 1.35 bits per heavy atom. The van der Waals surface area contributed by atoms with Crippen molar-refractivity contribution in [1.82, 2.24) is 0 Å². The van der Waals surface area contributed by atoms with E-state index in [4.69, 9.17) is 0 Å². The van der Waals surface area contributed by atoms with Gasteiger partial charge in [0.05, 0.1) is 0 Å². The summed E-state index contributed by atoms with van der Waals surface area (Å²) < 4.78 is 85.3. The molecular formula is C43H42Cl2F6Zr. The zero-order valence-corrected chi connectivity index (χ0v) is 34.4. The molecule has 0 bridgehead atoms. The smallest absolute Gasteiger partial charge is 1.00 e. The maximum atomic E-state index is 13.9. The molecule has 1 atom stereocenters. The Bertz CT molecular complexity index is 1960. The topological polar surface area (TPSA) is 0 Å². The molecule has 4 aromatic carbocycles. The van der Waals surface area contributed by atoms with Crippen LogP contribution in [0.2, 0.25) is 0 Å². The first-order valence-corrected chi connectivity index (χ1v) is 20.9. The molecule has 0 heterocycles. The molecule has 2 aliphatic carbocycles. The van der Waals surface area contributed by atoms with Crippen molar-refractivity contribution in [2.75, 3.05) is 0 Å². The molecule has 0 fully saturated rings. The minimum Gasteiger partial charge on any atom is -1.00 e. The summed E-state index contributed by atoms with van der Waals surface area (Å²) in [6.07, 6.45) is -3.50. The van der Waals surface area contributed by atoms with Crippen LogP contribution in [0, 0.1) is 39.0 Å². The van der Waals surface area contributed by atoms with Crippen LogP contribution < -0.4 is 24.8 Å². The number of rotatable bonds is 5. The zero-order valence-electron chi connectivity index (χ0n) is 30.5. The third kappa shape index (κ3) is 7.89. The second kappa shape index (κ2) is 15.2. The van der Waals surface area contributed by atoms with Gasteiger partial charge in [-0.2, -0.15) is 0 Å². The number of halogens is 8. The molecule has 0 amide bonds. The molecule has 52 heavy (non-hydrogen) atoms. The van der Waals surface area contributed by atoms with Gasteiger partial charge in [0.2, 0.25) is 0 Å². The summed E-state index contributed by atoms with van der Waals surface area (Å²) in [6, 6.07) is 19.6. The van der Waals surface area contributed by atoms with Crippen LogP contribution in [0.4, 0.5) is 26.3 Å². The van der Waals surface area contributed by atoms with E-state index in [0.717, 1.165) is 45.0 Å². The van der Waals surface area contributed by atoms with Crippen LogP contribution in [0.3, 0.4) is 0 Å². The first kappa shape index (κ1) is 42.0. The van der Waals surface area contributed by atoms with Gasteiger partial charge in [0.15, 0.2) is 0 Å². The van der Waals surface area contributed by atoms with Crippen LogP contribution in [0.5, 0.6) is 0 Å². The van der Waals surface area contributed by atoms with E-state index < -0.39 is 44.7 Å². The summed E-state index contributed by atoms with van der Waals surface area (Å²) in [7, 11) is 0. The van der Waals surface area contributed by atoms with Crippen LogP contribution in [0.25, 0.3) is 11.1 Å². The molecule has 0 saturated carbocycles. The van der Waals surface area contributed by atoms with Gasteiger partial charge in [-0.05, 0) is 0 Å². The van der Waals surface area contributed by atoms with Crippen LogP contribution in [0.1, 0.15) is 93.4 Å². The fourth-order valence-corrected chi connectivity index (χ4v) is 17.1. The summed E-state index contributed by atoms with van der Waals surface area (Å²) in [4.78, 5) is 0. The number of alkyl halides is 6. The second-order valence-electron chi connectivity index (χ2n) is 14.9. The van der Waals surface area contributed by atoms with Crippen LogP contribution in [0.15, 0.2) is 93.8 Å². The SMILES string of the molecule is CCC1C=C(C(C)(C)C)C=[C]1[Zr+2](=[C](c1ccc(C(F)(F)F)cc1)c1ccc(C(F)(F)F)cc1)[CH]1c2cc(C)c(C)cc2-c2cc(C)c(C)cc21.[Cl-].[Cl-]. The van der Waals surface area contributed by atoms with E-state index in [2.05, 4.69) is 91.8 Å². The van der Waals surface area contributed by atoms with Gasteiger partial charge >= 0.3 is 301 Å². The fraction of sp³-hybridized carbons (Fsp3) is 0.326.